The minimum absolute atomic E-state index is 0.0643. The van der Waals surface area contributed by atoms with Crippen molar-refractivity contribution in [2.75, 3.05) is 21.3 Å². The highest BCUT2D eigenvalue weighted by atomic mass is 16.5. The van der Waals surface area contributed by atoms with Gasteiger partial charge in [0.2, 0.25) is 5.78 Å². The molecule has 2 aliphatic carbocycles. The second-order valence-corrected chi connectivity index (χ2v) is 5.12. The number of aryl methyl sites for hydroxylation is 1. The smallest absolute Gasteiger partial charge is 0.228 e. The number of benzene rings is 1. The topological polar surface area (TPSA) is 61.8 Å². The molecule has 22 heavy (non-hydrogen) atoms. The summed E-state index contributed by atoms with van der Waals surface area (Å²) in [5, 5.41) is 0. The second kappa shape index (κ2) is 5.33. The molecule has 0 aromatic heterocycles. The summed E-state index contributed by atoms with van der Waals surface area (Å²) in [4.78, 5) is 24.9. The number of hydrogen-bond donors (Lipinski definition) is 0. The van der Waals surface area contributed by atoms with Crippen LogP contribution >= 0.6 is 0 Å². The molecule has 114 valence electrons. The highest BCUT2D eigenvalue weighted by Gasteiger charge is 2.35. The number of hydrogen-bond acceptors (Lipinski definition) is 5. The van der Waals surface area contributed by atoms with Crippen LogP contribution in [0.3, 0.4) is 0 Å². The van der Waals surface area contributed by atoms with Gasteiger partial charge in [0.1, 0.15) is 11.5 Å². The monoisotopic (exact) mass is 300 g/mol. The first-order valence-corrected chi connectivity index (χ1v) is 6.93. The van der Waals surface area contributed by atoms with Crippen molar-refractivity contribution in [2.24, 2.45) is 0 Å². The zero-order valence-electron chi connectivity index (χ0n) is 12.7. The maximum Gasteiger partial charge on any atom is 0.228 e. The lowest BCUT2D eigenvalue weighted by atomic mass is 9.78. The number of ether oxygens (including phenoxy) is 3. The van der Waals surface area contributed by atoms with Gasteiger partial charge >= 0.3 is 0 Å². The van der Waals surface area contributed by atoms with Crippen LogP contribution in [0, 0.1) is 0 Å². The van der Waals surface area contributed by atoms with Crippen LogP contribution < -0.4 is 9.47 Å². The molecule has 0 fully saturated rings. The van der Waals surface area contributed by atoms with Crippen LogP contribution in [0.1, 0.15) is 17.5 Å². The number of carbonyl (C=O) groups excluding carboxylic acids is 2. The Bertz CT molecular complexity index is 740. The lowest BCUT2D eigenvalue weighted by Gasteiger charge is -2.26. The third-order valence-corrected chi connectivity index (χ3v) is 4.04. The fraction of sp³-hybridized carbons (Fsp3) is 0.294. The highest BCUT2D eigenvalue weighted by Crippen LogP contribution is 2.43. The number of Topliss-reactive ketones (excluding diaryl/α,β-unsaturated/α-hetero) is 1. The van der Waals surface area contributed by atoms with E-state index in [0.29, 0.717) is 41.1 Å². The Morgan fingerprint density at radius 3 is 2.36 bits per heavy atom. The van der Waals surface area contributed by atoms with E-state index in [0.717, 1.165) is 5.56 Å². The molecule has 0 heterocycles. The van der Waals surface area contributed by atoms with E-state index >= 15 is 0 Å². The molecule has 0 N–H and O–H groups in total. The highest BCUT2D eigenvalue weighted by molar-refractivity contribution is 6.38. The van der Waals surface area contributed by atoms with Crippen molar-refractivity contribution in [1.82, 2.24) is 0 Å². The Hall–Kier alpha value is -2.56. The molecule has 3 rings (SSSR count). The van der Waals surface area contributed by atoms with E-state index in [2.05, 4.69) is 0 Å². The lowest BCUT2D eigenvalue weighted by molar-refractivity contribution is -0.116. The fourth-order valence-corrected chi connectivity index (χ4v) is 2.98. The van der Waals surface area contributed by atoms with Gasteiger partial charge in [-0.1, -0.05) is 0 Å². The van der Waals surface area contributed by atoms with Gasteiger partial charge in [-0.3, -0.25) is 9.59 Å². The molecule has 0 atom stereocenters. The minimum atomic E-state index is -0.276. The maximum absolute atomic E-state index is 12.6. The van der Waals surface area contributed by atoms with Gasteiger partial charge < -0.3 is 14.2 Å². The average molecular weight is 300 g/mol. The van der Waals surface area contributed by atoms with Crippen LogP contribution in [0.4, 0.5) is 0 Å². The summed E-state index contributed by atoms with van der Waals surface area (Å²) >= 11 is 0. The molecule has 2 aliphatic rings. The third-order valence-electron chi connectivity index (χ3n) is 4.04. The summed E-state index contributed by atoms with van der Waals surface area (Å²) in [6, 6.07) is 3.60. The van der Waals surface area contributed by atoms with Gasteiger partial charge in [0, 0.05) is 28.9 Å². The van der Waals surface area contributed by atoms with Gasteiger partial charge in [-0.25, -0.2) is 0 Å². The standard InChI is InChI=1S/C17H16O5/c1-20-10-6-9-4-5-11-12(18)8-14(22-3)17(19)16(11)15(9)13(7-10)21-2/h6-8H,4-5H2,1-3H3. The van der Waals surface area contributed by atoms with Crippen LogP contribution in [-0.2, 0) is 20.7 Å². The SMILES string of the molecule is COC1=CC(=O)C2=C(C1=O)c1c(cc(OC)cc1OC)CC2. The molecule has 1 aromatic rings. The minimum Gasteiger partial charge on any atom is -0.497 e. The van der Waals surface area contributed by atoms with Crippen molar-refractivity contribution in [3.8, 4) is 11.5 Å². The van der Waals surface area contributed by atoms with Crippen molar-refractivity contribution >= 4 is 17.1 Å². The average Bonchev–Trinajstić information content (AvgIpc) is 2.55. The Morgan fingerprint density at radius 1 is 0.955 bits per heavy atom. The van der Waals surface area contributed by atoms with Crippen molar-refractivity contribution < 1.29 is 23.8 Å². The van der Waals surface area contributed by atoms with Gasteiger partial charge in [0.25, 0.3) is 0 Å². The van der Waals surface area contributed by atoms with Gasteiger partial charge in [-0.15, -0.1) is 0 Å². The van der Waals surface area contributed by atoms with E-state index in [9.17, 15) is 9.59 Å². The fourth-order valence-electron chi connectivity index (χ4n) is 2.98. The molecule has 0 spiro atoms. The summed E-state index contributed by atoms with van der Waals surface area (Å²) in [7, 11) is 4.50. The van der Waals surface area contributed by atoms with Crippen LogP contribution in [-0.4, -0.2) is 32.9 Å². The van der Waals surface area contributed by atoms with Crippen molar-refractivity contribution in [2.45, 2.75) is 12.8 Å². The van der Waals surface area contributed by atoms with Gasteiger partial charge in [-0.05, 0) is 24.5 Å². The molecule has 0 aliphatic heterocycles. The van der Waals surface area contributed by atoms with E-state index in [1.165, 1.54) is 20.3 Å². The first kappa shape index (κ1) is 14.4. The van der Waals surface area contributed by atoms with Crippen molar-refractivity contribution in [1.29, 1.82) is 0 Å². The molecule has 0 radical (unpaired) electrons. The molecule has 0 amide bonds. The largest absolute Gasteiger partial charge is 0.497 e. The summed E-state index contributed by atoms with van der Waals surface area (Å²) < 4.78 is 15.7. The molecular formula is C17H16O5. The number of fused-ring (bicyclic) bond motifs is 2. The van der Waals surface area contributed by atoms with Crippen molar-refractivity contribution in [3.63, 3.8) is 0 Å². The lowest BCUT2D eigenvalue weighted by Crippen LogP contribution is -2.23. The van der Waals surface area contributed by atoms with Crippen LogP contribution in [0.5, 0.6) is 11.5 Å². The molecular weight excluding hydrogens is 284 g/mol. The maximum atomic E-state index is 12.6. The predicted octanol–water partition coefficient (Wildman–Crippen LogP) is 2.09. The molecule has 0 unspecified atom stereocenters. The van der Waals surface area contributed by atoms with Crippen molar-refractivity contribution in [3.05, 3.63) is 40.7 Å². The van der Waals surface area contributed by atoms with Gasteiger partial charge in [-0.2, -0.15) is 0 Å². The first-order chi connectivity index (χ1) is 10.6. The van der Waals surface area contributed by atoms with E-state index in [1.54, 1.807) is 13.2 Å². The number of carbonyl (C=O) groups is 2. The number of allylic oxidation sites excluding steroid dienone is 3. The Morgan fingerprint density at radius 2 is 1.73 bits per heavy atom. The normalized spacial score (nSPS) is 16.8. The zero-order chi connectivity index (χ0) is 15.9. The van der Waals surface area contributed by atoms with E-state index in [1.807, 2.05) is 6.07 Å². The van der Waals surface area contributed by atoms with Gasteiger partial charge in [0.05, 0.1) is 21.3 Å². The summed E-state index contributed by atoms with van der Waals surface area (Å²) in [5.41, 5.74) is 2.53. The zero-order valence-corrected chi connectivity index (χ0v) is 12.7. The molecule has 0 saturated carbocycles. The number of rotatable bonds is 3. The Kier molecular flexibility index (Phi) is 3.48. The van der Waals surface area contributed by atoms with Crippen LogP contribution in [0.15, 0.2) is 29.5 Å². The third kappa shape index (κ3) is 2.01. The van der Waals surface area contributed by atoms with Crippen LogP contribution in [0.2, 0.25) is 0 Å². The molecule has 5 heteroatoms. The number of methoxy groups -OCH3 is 3. The second-order valence-electron chi connectivity index (χ2n) is 5.12. The molecule has 5 nitrogen and oxygen atoms in total. The first-order valence-electron chi connectivity index (χ1n) is 6.93. The van der Waals surface area contributed by atoms with E-state index in [-0.39, 0.29) is 17.3 Å². The summed E-state index contributed by atoms with van der Waals surface area (Å²) in [6.07, 6.45) is 2.45. The summed E-state index contributed by atoms with van der Waals surface area (Å²) in [5.74, 6) is 0.808. The van der Waals surface area contributed by atoms with Crippen LogP contribution in [0.25, 0.3) is 5.57 Å². The Labute approximate surface area is 128 Å². The molecule has 0 saturated heterocycles. The van der Waals surface area contributed by atoms with Gasteiger partial charge in [0.15, 0.2) is 11.5 Å². The quantitative estimate of drug-likeness (QED) is 0.800. The number of ketones is 2. The predicted molar refractivity (Wildman–Crippen MR) is 79.9 cm³/mol. The summed E-state index contributed by atoms with van der Waals surface area (Å²) in [6.45, 7) is 0. The molecule has 1 aromatic carbocycles. The Balaban J connectivity index is 2.25. The van der Waals surface area contributed by atoms with E-state index < -0.39 is 0 Å². The molecule has 0 bridgehead atoms. The van der Waals surface area contributed by atoms with E-state index in [4.69, 9.17) is 14.2 Å².